The fourth-order valence-electron chi connectivity index (χ4n) is 2.61. The van der Waals surface area contributed by atoms with Gasteiger partial charge in [-0.1, -0.05) is 0 Å². The van der Waals surface area contributed by atoms with Crippen molar-refractivity contribution in [1.29, 1.82) is 0 Å². The van der Waals surface area contributed by atoms with Crippen LogP contribution in [0.5, 0.6) is 0 Å². The van der Waals surface area contributed by atoms with Crippen LogP contribution >= 0.6 is 0 Å². The zero-order chi connectivity index (χ0) is 11.7. The van der Waals surface area contributed by atoms with Crippen LogP contribution in [0, 0.1) is 0 Å². The number of aromatic nitrogens is 1. The Hall–Kier alpha value is -1.77. The Morgan fingerprint density at radius 1 is 1.00 bits per heavy atom. The van der Waals surface area contributed by atoms with Crippen LogP contribution in [0.25, 0.3) is 10.8 Å². The molecule has 1 aliphatic rings. The number of fused-ring (bicyclic) bond motifs is 1. The van der Waals surface area contributed by atoms with Crippen LogP contribution in [0.15, 0.2) is 30.6 Å². The molecular formula is C14H17N3. The molecule has 0 saturated carbocycles. The van der Waals surface area contributed by atoms with Crippen molar-refractivity contribution < 1.29 is 0 Å². The van der Waals surface area contributed by atoms with E-state index in [0.29, 0.717) is 0 Å². The summed E-state index contributed by atoms with van der Waals surface area (Å²) in [6.45, 7) is 2.29. The summed E-state index contributed by atoms with van der Waals surface area (Å²) < 4.78 is 0. The number of hydrogen-bond acceptors (Lipinski definition) is 3. The number of nitrogens with two attached hydrogens (primary N) is 1. The molecule has 2 N–H and O–H groups in total. The van der Waals surface area contributed by atoms with Gasteiger partial charge in [0.05, 0.1) is 0 Å². The number of anilines is 2. The summed E-state index contributed by atoms with van der Waals surface area (Å²) in [5, 5.41) is 2.29. The largest absolute Gasteiger partial charge is 0.398 e. The maximum atomic E-state index is 6.01. The van der Waals surface area contributed by atoms with Gasteiger partial charge in [0.15, 0.2) is 0 Å². The van der Waals surface area contributed by atoms with Gasteiger partial charge in [-0.3, -0.25) is 4.98 Å². The molecule has 0 amide bonds. The monoisotopic (exact) mass is 227 g/mol. The summed E-state index contributed by atoms with van der Waals surface area (Å²) in [6, 6.07) is 6.13. The highest BCUT2D eigenvalue weighted by molar-refractivity contribution is 6.00. The molecule has 3 rings (SSSR count). The zero-order valence-corrected chi connectivity index (χ0v) is 9.89. The summed E-state index contributed by atoms with van der Waals surface area (Å²) in [4.78, 5) is 6.68. The van der Waals surface area contributed by atoms with Crippen LogP contribution in [-0.2, 0) is 0 Å². The van der Waals surface area contributed by atoms with E-state index in [-0.39, 0.29) is 0 Å². The van der Waals surface area contributed by atoms with Gasteiger partial charge in [-0.25, -0.2) is 0 Å². The number of hydrogen-bond donors (Lipinski definition) is 1. The van der Waals surface area contributed by atoms with Gasteiger partial charge in [-0.15, -0.1) is 0 Å². The van der Waals surface area contributed by atoms with Crippen molar-refractivity contribution in [2.45, 2.75) is 19.3 Å². The minimum atomic E-state index is 0.836. The van der Waals surface area contributed by atoms with Crippen LogP contribution in [0.2, 0.25) is 0 Å². The Kier molecular flexibility index (Phi) is 2.59. The van der Waals surface area contributed by atoms with E-state index in [2.05, 4.69) is 16.0 Å². The Morgan fingerprint density at radius 3 is 2.65 bits per heavy atom. The van der Waals surface area contributed by atoms with Crippen molar-refractivity contribution in [2.75, 3.05) is 23.7 Å². The third kappa shape index (κ3) is 1.82. The van der Waals surface area contributed by atoms with Crippen molar-refractivity contribution in [3.05, 3.63) is 30.6 Å². The predicted molar refractivity (Wildman–Crippen MR) is 72.2 cm³/mol. The molecule has 0 unspecified atom stereocenters. The van der Waals surface area contributed by atoms with Crippen molar-refractivity contribution in [3.63, 3.8) is 0 Å². The fraction of sp³-hybridized carbons (Fsp3) is 0.357. The van der Waals surface area contributed by atoms with Gasteiger partial charge in [0.2, 0.25) is 0 Å². The molecule has 1 aromatic heterocycles. The van der Waals surface area contributed by atoms with E-state index >= 15 is 0 Å². The average molecular weight is 227 g/mol. The molecule has 17 heavy (non-hydrogen) atoms. The van der Waals surface area contributed by atoms with Crippen LogP contribution in [-0.4, -0.2) is 18.1 Å². The topological polar surface area (TPSA) is 42.1 Å². The maximum Gasteiger partial charge on any atom is 0.0463 e. The SMILES string of the molecule is Nc1ccc(N2CCCCC2)c2cnccc12. The minimum Gasteiger partial charge on any atom is -0.398 e. The Bertz CT molecular complexity index is 530. The molecule has 88 valence electrons. The molecule has 3 heteroatoms. The van der Waals surface area contributed by atoms with E-state index in [1.54, 1.807) is 6.20 Å². The normalized spacial score (nSPS) is 16.4. The van der Waals surface area contributed by atoms with E-state index in [1.807, 2.05) is 18.3 Å². The molecule has 1 aliphatic heterocycles. The van der Waals surface area contributed by atoms with Crippen LogP contribution in [0.1, 0.15) is 19.3 Å². The van der Waals surface area contributed by atoms with Gasteiger partial charge >= 0.3 is 0 Å². The van der Waals surface area contributed by atoms with Crippen molar-refractivity contribution in [3.8, 4) is 0 Å². The van der Waals surface area contributed by atoms with Crippen molar-refractivity contribution >= 4 is 22.1 Å². The second-order valence-electron chi connectivity index (χ2n) is 4.64. The fourth-order valence-corrected chi connectivity index (χ4v) is 2.61. The van der Waals surface area contributed by atoms with Gasteiger partial charge in [-0.2, -0.15) is 0 Å². The molecule has 2 heterocycles. The van der Waals surface area contributed by atoms with E-state index < -0.39 is 0 Å². The summed E-state index contributed by atoms with van der Waals surface area (Å²) in [7, 11) is 0. The molecular weight excluding hydrogens is 210 g/mol. The van der Waals surface area contributed by atoms with E-state index in [0.717, 1.165) is 24.2 Å². The van der Waals surface area contributed by atoms with Crippen molar-refractivity contribution in [2.24, 2.45) is 0 Å². The minimum absolute atomic E-state index is 0.836. The van der Waals surface area contributed by atoms with E-state index in [9.17, 15) is 0 Å². The van der Waals surface area contributed by atoms with Crippen LogP contribution in [0.4, 0.5) is 11.4 Å². The molecule has 3 nitrogen and oxygen atoms in total. The maximum absolute atomic E-state index is 6.01. The molecule has 0 radical (unpaired) electrons. The Balaban J connectivity index is 2.12. The Labute approximate surface area is 101 Å². The first-order valence-corrected chi connectivity index (χ1v) is 6.23. The number of nitrogen functional groups attached to an aromatic ring is 1. The number of rotatable bonds is 1. The number of nitrogens with zero attached hydrogens (tertiary/aromatic N) is 2. The Morgan fingerprint density at radius 2 is 1.82 bits per heavy atom. The molecule has 0 spiro atoms. The molecule has 0 bridgehead atoms. The van der Waals surface area contributed by atoms with E-state index in [4.69, 9.17) is 5.73 Å². The summed E-state index contributed by atoms with van der Waals surface area (Å²) in [5.41, 5.74) is 8.12. The highest BCUT2D eigenvalue weighted by Gasteiger charge is 2.14. The molecule has 2 aromatic rings. The molecule has 1 fully saturated rings. The third-order valence-corrected chi connectivity index (χ3v) is 3.53. The van der Waals surface area contributed by atoms with Crippen LogP contribution in [0.3, 0.4) is 0 Å². The summed E-state index contributed by atoms with van der Waals surface area (Å²) in [5.74, 6) is 0. The first kappa shape index (κ1) is 10.4. The lowest BCUT2D eigenvalue weighted by atomic mass is 10.1. The van der Waals surface area contributed by atoms with Gasteiger partial charge < -0.3 is 10.6 Å². The lowest BCUT2D eigenvalue weighted by molar-refractivity contribution is 0.579. The third-order valence-electron chi connectivity index (χ3n) is 3.53. The van der Waals surface area contributed by atoms with Gasteiger partial charge in [0, 0.05) is 47.6 Å². The van der Waals surface area contributed by atoms with Gasteiger partial charge in [-0.05, 0) is 37.5 Å². The zero-order valence-electron chi connectivity index (χ0n) is 9.89. The summed E-state index contributed by atoms with van der Waals surface area (Å²) in [6.07, 6.45) is 7.65. The molecule has 1 aromatic carbocycles. The molecule has 0 aliphatic carbocycles. The van der Waals surface area contributed by atoms with E-state index in [1.165, 1.54) is 30.3 Å². The first-order valence-electron chi connectivity index (χ1n) is 6.23. The highest BCUT2D eigenvalue weighted by Crippen LogP contribution is 2.31. The second kappa shape index (κ2) is 4.24. The number of pyridine rings is 1. The molecule has 0 atom stereocenters. The smallest absolute Gasteiger partial charge is 0.0463 e. The van der Waals surface area contributed by atoms with Gasteiger partial charge in [0.25, 0.3) is 0 Å². The standard InChI is InChI=1S/C14H17N3/c15-13-4-5-14(17-8-2-1-3-9-17)12-10-16-7-6-11(12)13/h4-7,10H,1-3,8-9,15H2. The molecule has 1 saturated heterocycles. The lowest BCUT2D eigenvalue weighted by Crippen LogP contribution is -2.29. The van der Waals surface area contributed by atoms with Crippen LogP contribution < -0.4 is 10.6 Å². The quantitative estimate of drug-likeness (QED) is 0.762. The highest BCUT2D eigenvalue weighted by atomic mass is 15.1. The predicted octanol–water partition coefficient (Wildman–Crippen LogP) is 2.81. The van der Waals surface area contributed by atoms with Gasteiger partial charge in [0.1, 0.15) is 0 Å². The summed E-state index contributed by atoms with van der Waals surface area (Å²) >= 11 is 0. The lowest BCUT2D eigenvalue weighted by Gasteiger charge is -2.30. The number of piperidine rings is 1. The first-order chi connectivity index (χ1) is 8.36. The average Bonchev–Trinajstić information content (AvgIpc) is 2.41. The number of benzene rings is 1. The van der Waals surface area contributed by atoms with Crippen molar-refractivity contribution in [1.82, 2.24) is 4.98 Å². The second-order valence-corrected chi connectivity index (χ2v) is 4.64.